The summed E-state index contributed by atoms with van der Waals surface area (Å²) in [7, 11) is -1.79. The smallest absolute Gasteiger partial charge is 0.200 e. The van der Waals surface area contributed by atoms with Crippen molar-refractivity contribution in [3.05, 3.63) is 12.7 Å². The third kappa shape index (κ3) is 5.33. The van der Waals surface area contributed by atoms with Crippen LogP contribution in [0.15, 0.2) is 12.7 Å². The highest BCUT2D eigenvalue weighted by molar-refractivity contribution is 9.09. The molecule has 0 fully saturated rings. The molecular formula is C15H31BrO2Si. The maximum Gasteiger partial charge on any atom is 0.200 e. The van der Waals surface area contributed by atoms with Crippen molar-refractivity contribution < 1.29 is 9.16 Å². The lowest BCUT2D eigenvalue weighted by Crippen LogP contribution is -2.49. The topological polar surface area (TPSA) is 18.5 Å². The van der Waals surface area contributed by atoms with Crippen LogP contribution in [0.5, 0.6) is 0 Å². The number of rotatable bonds is 10. The third-order valence-corrected chi connectivity index (χ3v) is 10.3. The summed E-state index contributed by atoms with van der Waals surface area (Å²) >= 11 is 3.38. The maximum atomic E-state index is 6.49. The normalized spacial score (nSPS) is 14.4. The van der Waals surface area contributed by atoms with Gasteiger partial charge in [0.1, 0.15) is 0 Å². The molecule has 19 heavy (non-hydrogen) atoms. The van der Waals surface area contributed by atoms with Crippen LogP contribution in [0, 0.1) is 0 Å². The lowest BCUT2D eigenvalue weighted by molar-refractivity contribution is 0.0551. The Morgan fingerprint density at radius 1 is 1.05 bits per heavy atom. The van der Waals surface area contributed by atoms with E-state index in [1.54, 1.807) is 0 Å². The highest BCUT2D eigenvalue weighted by atomic mass is 79.9. The Balaban J connectivity index is 4.78. The third-order valence-electron chi connectivity index (χ3n) is 3.88. The first-order valence-electron chi connectivity index (χ1n) is 7.26. The molecule has 0 N–H and O–H groups in total. The van der Waals surface area contributed by atoms with Gasteiger partial charge < -0.3 is 9.16 Å². The molecule has 0 saturated heterocycles. The summed E-state index contributed by atoms with van der Waals surface area (Å²) < 4.78 is 12.2. The van der Waals surface area contributed by atoms with Crippen molar-refractivity contribution >= 4 is 24.2 Å². The zero-order valence-corrected chi connectivity index (χ0v) is 16.0. The Hall–Kier alpha value is 0.357. The van der Waals surface area contributed by atoms with Crippen molar-refractivity contribution in [3.63, 3.8) is 0 Å². The highest BCUT2D eigenvalue weighted by Gasteiger charge is 2.45. The van der Waals surface area contributed by atoms with E-state index in [9.17, 15) is 0 Å². The van der Waals surface area contributed by atoms with Gasteiger partial charge in [-0.05, 0) is 16.6 Å². The van der Waals surface area contributed by atoms with Gasteiger partial charge in [0.2, 0.25) is 0 Å². The molecule has 4 heteroatoms. The fraction of sp³-hybridized carbons (Fsp3) is 0.867. The van der Waals surface area contributed by atoms with Gasteiger partial charge in [-0.3, -0.25) is 0 Å². The molecule has 0 rings (SSSR count). The summed E-state index contributed by atoms with van der Waals surface area (Å²) in [5.41, 5.74) is 1.82. The van der Waals surface area contributed by atoms with Crippen LogP contribution in [0.2, 0.25) is 16.6 Å². The Morgan fingerprint density at radius 3 is 1.84 bits per heavy atom. The summed E-state index contributed by atoms with van der Waals surface area (Å²) in [6, 6.07) is 0. The van der Waals surface area contributed by atoms with Crippen LogP contribution < -0.4 is 0 Å². The van der Waals surface area contributed by atoms with Crippen LogP contribution in [-0.4, -0.2) is 33.0 Å². The summed E-state index contributed by atoms with van der Waals surface area (Å²) in [6.45, 7) is 19.0. The number of hydrogen-bond donors (Lipinski definition) is 0. The standard InChI is InChI=1S/C15H31BrO2Si/c1-8-15(17-10-9-16)11-18-19(12(2)3,13(4)5)14(6)7/h8,12-15H,1,9-11H2,2-7H3/t15-/m0/s1. The molecule has 0 amide bonds. The van der Waals surface area contributed by atoms with Crippen molar-refractivity contribution in [3.8, 4) is 0 Å². The van der Waals surface area contributed by atoms with Gasteiger partial charge in [0.15, 0.2) is 8.32 Å². The van der Waals surface area contributed by atoms with E-state index in [0.717, 1.165) is 5.33 Å². The molecule has 0 spiro atoms. The molecule has 0 aromatic heterocycles. The summed E-state index contributed by atoms with van der Waals surface area (Å²) in [6.07, 6.45) is 1.85. The Bertz CT molecular complexity index is 233. The van der Waals surface area contributed by atoms with Crippen molar-refractivity contribution in [2.24, 2.45) is 0 Å². The molecule has 0 saturated carbocycles. The first-order valence-corrected chi connectivity index (χ1v) is 10.5. The molecule has 0 radical (unpaired) electrons. The van der Waals surface area contributed by atoms with Crippen LogP contribution in [-0.2, 0) is 9.16 Å². The fourth-order valence-electron chi connectivity index (χ4n) is 3.11. The molecule has 0 aromatic carbocycles. The van der Waals surface area contributed by atoms with Crippen LogP contribution in [0.25, 0.3) is 0 Å². The molecule has 0 aliphatic carbocycles. The quantitative estimate of drug-likeness (QED) is 0.308. The molecular weight excluding hydrogens is 320 g/mol. The largest absolute Gasteiger partial charge is 0.413 e. The number of alkyl halides is 1. The number of halogens is 1. The van der Waals surface area contributed by atoms with E-state index in [4.69, 9.17) is 9.16 Å². The van der Waals surface area contributed by atoms with Gasteiger partial charge in [-0.25, -0.2) is 0 Å². The van der Waals surface area contributed by atoms with Gasteiger partial charge in [-0.1, -0.05) is 63.5 Å². The zero-order valence-electron chi connectivity index (χ0n) is 13.4. The van der Waals surface area contributed by atoms with Crippen molar-refractivity contribution in [2.45, 2.75) is 64.3 Å². The van der Waals surface area contributed by atoms with Crippen molar-refractivity contribution in [1.29, 1.82) is 0 Å². The van der Waals surface area contributed by atoms with E-state index >= 15 is 0 Å². The summed E-state index contributed by atoms with van der Waals surface area (Å²) in [5, 5.41) is 0.846. The van der Waals surface area contributed by atoms with E-state index in [2.05, 4.69) is 64.1 Å². The Kier molecular flexibility index (Phi) is 9.50. The van der Waals surface area contributed by atoms with Crippen LogP contribution in [0.4, 0.5) is 0 Å². The van der Waals surface area contributed by atoms with Gasteiger partial charge in [-0.15, -0.1) is 6.58 Å². The maximum absolute atomic E-state index is 6.49. The average molecular weight is 351 g/mol. The Morgan fingerprint density at radius 2 is 1.53 bits per heavy atom. The van der Waals surface area contributed by atoms with E-state index in [-0.39, 0.29) is 6.10 Å². The monoisotopic (exact) mass is 350 g/mol. The minimum atomic E-state index is -1.79. The van der Waals surface area contributed by atoms with Gasteiger partial charge in [0, 0.05) is 5.33 Å². The minimum Gasteiger partial charge on any atom is -0.413 e. The first-order chi connectivity index (χ1) is 8.82. The SMILES string of the molecule is C=C[C@@H](CO[Si](C(C)C)(C(C)C)C(C)C)OCCBr. The predicted molar refractivity (Wildman–Crippen MR) is 90.7 cm³/mol. The summed E-state index contributed by atoms with van der Waals surface area (Å²) in [5.74, 6) is 0. The highest BCUT2D eigenvalue weighted by Crippen LogP contribution is 2.42. The number of hydrogen-bond acceptors (Lipinski definition) is 2. The molecule has 0 unspecified atom stereocenters. The molecule has 0 heterocycles. The van der Waals surface area contributed by atoms with Crippen LogP contribution in [0.3, 0.4) is 0 Å². The predicted octanol–water partition coefficient (Wildman–Crippen LogP) is 5.14. The van der Waals surface area contributed by atoms with Gasteiger partial charge in [0.05, 0.1) is 19.3 Å². The van der Waals surface area contributed by atoms with Gasteiger partial charge >= 0.3 is 0 Å². The fourth-order valence-corrected chi connectivity index (χ4v) is 8.75. The van der Waals surface area contributed by atoms with Crippen LogP contribution >= 0.6 is 15.9 Å². The average Bonchev–Trinajstić information content (AvgIpc) is 2.32. The van der Waals surface area contributed by atoms with Crippen LogP contribution in [0.1, 0.15) is 41.5 Å². The van der Waals surface area contributed by atoms with E-state index in [1.807, 2.05) is 6.08 Å². The van der Waals surface area contributed by atoms with Gasteiger partial charge in [0.25, 0.3) is 0 Å². The van der Waals surface area contributed by atoms with Crippen molar-refractivity contribution in [1.82, 2.24) is 0 Å². The van der Waals surface area contributed by atoms with Crippen molar-refractivity contribution in [2.75, 3.05) is 18.5 Å². The molecule has 0 aliphatic heterocycles. The number of ether oxygens (including phenoxy) is 1. The first kappa shape index (κ1) is 19.4. The van der Waals surface area contributed by atoms with E-state index in [1.165, 1.54) is 0 Å². The molecule has 114 valence electrons. The second-order valence-corrected chi connectivity index (χ2v) is 12.2. The second kappa shape index (κ2) is 9.32. The molecule has 0 aliphatic rings. The van der Waals surface area contributed by atoms with Gasteiger partial charge in [-0.2, -0.15) is 0 Å². The Labute approximate surface area is 129 Å². The minimum absolute atomic E-state index is 0.000625. The summed E-state index contributed by atoms with van der Waals surface area (Å²) in [4.78, 5) is 0. The van der Waals surface area contributed by atoms with E-state index < -0.39 is 8.32 Å². The molecule has 2 nitrogen and oxygen atoms in total. The lowest BCUT2D eigenvalue weighted by Gasteiger charge is -2.42. The molecule has 1 atom stereocenters. The second-order valence-electron chi connectivity index (χ2n) is 5.96. The molecule has 0 aromatic rings. The molecule has 0 bridgehead atoms. The zero-order chi connectivity index (χ0) is 15.1. The lowest BCUT2D eigenvalue weighted by atomic mass is 10.4. The van der Waals surface area contributed by atoms with E-state index in [0.29, 0.717) is 29.8 Å².